The SMILES string of the molecule is COc1cc(Cl)cc(C=Nn2c(-c3cc4ccccc4o3)nc3ccccc3c2=O)c1OCc1cccc2ccccc12. The van der Waals surface area contributed by atoms with Gasteiger partial charge in [-0.1, -0.05) is 84.4 Å². The van der Waals surface area contributed by atoms with E-state index >= 15 is 0 Å². The normalized spacial score (nSPS) is 11.6. The van der Waals surface area contributed by atoms with Crippen LogP contribution in [-0.2, 0) is 6.61 Å². The van der Waals surface area contributed by atoms with Crippen molar-refractivity contribution in [2.75, 3.05) is 7.11 Å². The van der Waals surface area contributed by atoms with Crippen molar-refractivity contribution >= 4 is 50.5 Å². The largest absolute Gasteiger partial charge is 0.493 e. The molecule has 0 unspecified atom stereocenters. The summed E-state index contributed by atoms with van der Waals surface area (Å²) in [4.78, 5) is 18.5. The van der Waals surface area contributed by atoms with Gasteiger partial charge in [0.15, 0.2) is 17.3 Å². The Bertz CT molecular complexity index is 2200. The van der Waals surface area contributed by atoms with E-state index in [4.69, 9.17) is 30.5 Å². The highest BCUT2D eigenvalue weighted by atomic mass is 35.5. The minimum Gasteiger partial charge on any atom is -0.493 e. The van der Waals surface area contributed by atoms with Gasteiger partial charge in [-0.05, 0) is 46.7 Å². The van der Waals surface area contributed by atoms with Crippen molar-refractivity contribution in [3.05, 3.63) is 136 Å². The lowest BCUT2D eigenvalue weighted by Gasteiger charge is -2.15. The fourth-order valence-corrected chi connectivity index (χ4v) is 5.38. The Kier molecular flexibility index (Phi) is 6.85. The van der Waals surface area contributed by atoms with E-state index in [-0.39, 0.29) is 18.0 Å². The van der Waals surface area contributed by atoms with Gasteiger partial charge in [0.05, 0.1) is 24.2 Å². The topological polar surface area (TPSA) is 78.9 Å². The zero-order valence-corrected chi connectivity index (χ0v) is 23.8. The molecule has 5 aromatic carbocycles. The quantitative estimate of drug-likeness (QED) is 0.177. The molecule has 0 N–H and O–H groups in total. The highest BCUT2D eigenvalue weighted by Crippen LogP contribution is 2.35. The molecule has 2 heterocycles. The molecule has 7 nitrogen and oxygen atoms in total. The van der Waals surface area contributed by atoms with Crippen molar-refractivity contribution < 1.29 is 13.9 Å². The Morgan fingerprint density at radius 2 is 1.63 bits per heavy atom. The van der Waals surface area contributed by atoms with Crippen LogP contribution in [0, 0.1) is 0 Å². The summed E-state index contributed by atoms with van der Waals surface area (Å²) in [6.07, 6.45) is 1.52. The lowest BCUT2D eigenvalue weighted by molar-refractivity contribution is 0.285. The third kappa shape index (κ3) is 5.00. The highest BCUT2D eigenvalue weighted by molar-refractivity contribution is 6.31. The van der Waals surface area contributed by atoms with Crippen LogP contribution in [-0.4, -0.2) is 23.0 Å². The molecule has 0 atom stereocenters. The summed E-state index contributed by atoms with van der Waals surface area (Å²) in [6.45, 7) is 0.280. The first-order valence-corrected chi connectivity index (χ1v) is 14.0. The van der Waals surface area contributed by atoms with Crippen molar-refractivity contribution in [3.8, 4) is 23.1 Å². The first-order valence-electron chi connectivity index (χ1n) is 13.6. The summed E-state index contributed by atoms with van der Waals surface area (Å²) in [5.74, 6) is 1.56. The van der Waals surface area contributed by atoms with Crippen LogP contribution < -0.4 is 15.0 Å². The van der Waals surface area contributed by atoms with Crippen LogP contribution in [0.1, 0.15) is 11.1 Å². The molecular weight excluding hydrogens is 562 g/mol. The summed E-state index contributed by atoms with van der Waals surface area (Å²) in [5.41, 5.74) is 2.42. The third-order valence-corrected chi connectivity index (χ3v) is 7.45. The molecule has 2 aromatic heterocycles. The van der Waals surface area contributed by atoms with E-state index in [2.05, 4.69) is 23.3 Å². The van der Waals surface area contributed by atoms with E-state index in [1.54, 1.807) is 37.4 Å². The molecule has 0 radical (unpaired) electrons. The van der Waals surface area contributed by atoms with Gasteiger partial charge in [-0.2, -0.15) is 9.78 Å². The standard InChI is InChI=1S/C35H24ClN3O4/c1-41-31-19-26(36)17-25(33(31)42-21-24-12-8-11-22-9-2-4-13-27(22)24)20-37-39-34(32-18-23-10-3-7-16-30(23)43-32)38-29-15-6-5-14-28(29)35(39)40/h2-20H,21H2,1H3. The Morgan fingerprint density at radius 1 is 0.884 bits per heavy atom. The molecule has 8 heteroatoms. The fourth-order valence-electron chi connectivity index (χ4n) is 5.16. The number of ether oxygens (including phenoxy) is 2. The zero-order chi connectivity index (χ0) is 29.3. The van der Waals surface area contributed by atoms with Gasteiger partial charge in [0.25, 0.3) is 5.56 Å². The summed E-state index contributed by atoms with van der Waals surface area (Å²) >= 11 is 6.47. The number of hydrogen-bond donors (Lipinski definition) is 0. The van der Waals surface area contributed by atoms with Gasteiger partial charge in [0, 0.05) is 22.0 Å². The number of hydrogen-bond acceptors (Lipinski definition) is 6. The highest BCUT2D eigenvalue weighted by Gasteiger charge is 2.18. The van der Waals surface area contributed by atoms with Crippen LogP contribution >= 0.6 is 11.6 Å². The number of aromatic nitrogens is 2. The van der Waals surface area contributed by atoms with Crippen molar-refractivity contribution in [1.29, 1.82) is 0 Å². The Hall–Kier alpha value is -5.40. The molecule has 0 aliphatic heterocycles. The fraction of sp³-hybridized carbons (Fsp3) is 0.0571. The van der Waals surface area contributed by atoms with Gasteiger partial charge < -0.3 is 13.9 Å². The van der Waals surface area contributed by atoms with Crippen molar-refractivity contribution in [3.63, 3.8) is 0 Å². The molecule has 7 aromatic rings. The third-order valence-electron chi connectivity index (χ3n) is 7.23. The van der Waals surface area contributed by atoms with Crippen LogP contribution in [0.15, 0.2) is 124 Å². The van der Waals surface area contributed by atoms with Gasteiger partial charge in [-0.15, -0.1) is 0 Å². The van der Waals surface area contributed by atoms with E-state index in [1.807, 2.05) is 60.7 Å². The summed E-state index contributed by atoms with van der Waals surface area (Å²) < 4.78 is 19.3. The molecule has 0 aliphatic rings. The van der Waals surface area contributed by atoms with Crippen LogP contribution in [0.2, 0.25) is 5.02 Å². The molecule has 0 fully saturated rings. The van der Waals surface area contributed by atoms with Crippen molar-refractivity contribution in [1.82, 2.24) is 9.66 Å². The van der Waals surface area contributed by atoms with Crippen LogP contribution in [0.3, 0.4) is 0 Å². The minimum absolute atomic E-state index is 0.267. The lowest BCUT2D eigenvalue weighted by Crippen LogP contribution is -2.20. The van der Waals surface area contributed by atoms with Crippen LogP contribution in [0.5, 0.6) is 11.5 Å². The second kappa shape index (κ2) is 11.1. The predicted octanol–water partition coefficient (Wildman–Crippen LogP) is 8.09. The van der Waals surface area contributed by atoms with Crippen molar-refractivity contribution in [2.45, 2.75) is 6.61 Å². The molecule has 7 rings (SSSR count). The van der Waals surface area contributed by atoms with E-state index in [9.17, 15) is 4.79 Å². The lowest BCUT2D eigenvalue weighted by atomic mass is 10.1. The number of methoxy groups -OCH3 is 1. The maximum absolute atomic E-state index is 13.8. The number of benzene rings is 5. The number of halogens is 1. The molecule has 210 valence electrons. The molecule has 0 spiro atoms. The second-order valence-electron chi connectivity index (χ2n) is 9.92. The molecule has 0 bridgehead atoms. The van der Waals surface area contributed by atoms with Crippen molar-refractivity contribution in [2.24, 2.45) is 5.10 Å². The Balaban J connectivity index is 1.34. The number of furan rings is 1. The average Bonchev–Trinajstić information content (AvgIpc) is 3.48. The number of nitrogens with zero attached hydrogens (tertiary/aromatic N) is 3. The Labute approximate surface area is 251 Å². The number of fused-ring (bicyclic) bond motifs is 3. The summed E-state index contributed by atoms with van der Waals surface area (Å²) in [7, 11) is 1.55. The van der Waals surface area contributed by atoms with E-state index < -0.39 is 0 Å². The minimum atomic E-state index is -0.343. The first-order chi connectivity index (χ1) is 21.1. The number of para-hydroxylation sites is 2. The monoisotopic (exact) mass is 585 g/mol. The molecule has 0 aliphatic carbocycles. The molecular formula is C35H24ClN3O4. The number of rotatable bonds is 7. The van der Waals surface area contributed by atoms with Crippen LogP contribution in [0.4, 0.5) is 0 Å². The second-order valence-corrected chi connectivity index (χ2v) is 10.4. The van der Waals surface area contributed by atoms with Gasteiger partial charge in [-0.3, -0.25) is 4.79 Å². The van der Waals surface area contributed by atoms with E-state index in [0.29, 0.717) is 44.3 Å². The maximum atomic E-state index is 13.8. The van der Waals surface area contributed by atoms with Gasteiger partial charge in [0.1, 0.15) is 12.2 Å². The maximum Gasteiger partial charge on any atom is 0.282 e. The molecule has 0 amide bonds. The summed E-state index contributed by atoms with van der Waals surface area (Å²) in [6, 6.07) is 34.2. The molecule has 0 saturated carbocycles. The van der Waals surface area contributed by atoms with E-state index in [0.717, 1.165) is 21.7 Å². The van der Waals surface area contributed by atoms with Gasteiger partial charge >= 0.3 is 0 Å². The van der Waals surface area contributed by atoms with Crippen LogP contribution in [0.25, 0.3) is 44.2 Å². The first kappa shape index (κ1) is 26.5. The predicted molar refractivity (Wildman–Crippen MR) is 170 cm³/mol. The van der Waals surface area contributed by atoms with Gasteiger partial charge in [0.2, 0.25) is 5.82 Å². The Morgan fingerprint density at radius 3 is 2.47 bits per heavy atom. The molecule has 43 heavy (non-hydrogen) atoms. The van der Waals surface area contributed by atoms with E-state index in [1.165, 1.54) is 10.9 Å². The zero-order valence-electron chi connectivity index (χ0n) is 23.0. The van der Waals surface area contributed by atoms with Gasteiger partial charge in [-0.25, -0.2) is 4.98 Å². The smallest absolute Gasteiger partial charge is 0.282 e. The molecule has 0 saturated heterocycles. The average molecular weight is 586 g/mol. The summed E-state index contributed by atoms with van der Waals surface area (Å²) in [5, 5.41) is 8.57.